The van der Waals surface area contributed by atoms with Crippen LogP contribution in [0.4, 0.5) is 17.6 Å². The molecule has 3 aromatic carbocycles. The summed E-state index contributed by atoms with van der Waals surface area (Å²) in [6, 6.07) is 14.1. The van der Waals surface area contributed by atoms with Crippen LogP contribution in [0.25, 0.3) is 22.4 Å². The predicted molar refractivity (Wildman–Crippen MR) is 101 cm³/mol. The number of hydrogen-bond donors (Lipinski definition) is 1. The van der Waals surface area contributed by atoms with Crippen molar-refractivity contribution in [2.45, 2.75) is 6.18 Å². The van der Waals surface area contributed by atoms with Gasteiger partial charge in [0.05, 0.1) is 11.1 Å². The van der Waals surface area contributed by atoms with Gasteiger partial charge >= 0.3 is 6.18 Å². The minimum absolute atomic E-state index is 0.0240. The van der Waals surface area contributed by atoms with E-state index in [1.165, 1.54) is 24.3 Å². The van der Waals surface area contributed by atoms with Crippen molar-refractivity contribution < 1.29 is 27.1 Å². The zero-order valence-corrected chi connectivity index (χ0v) is 14.8. The van der Waals surface area contributed by atoms with Gasteiger partial charge in [0, 0.05) is 5.56 Å². The van der Waals surface area contributed by atoms with Gasteiger partial charge in [-0.05, 0) is 40.6 Å². The Hall–Kier alpha value is -3.61. The van der Waals surface area contributed by atoms with E-state index in [0.717, 1.165) is 17.5 Å². The number of halogens is 4. The molecule has 146 valence electrons. The molecular weight excluding hydrogens is 386 g/mol. The van der Waals surface area contributed by atoms with E-state index < -0.39 is 23.3 Å². The lowest BCUT2D eigenvalue weighted by Crippen LogP contribution is -2.07. The molecule has 1 heterocycles. The summed E-state index contributed by atoms with van der Waals surface area (Å²) in [7, 11) is 0. The van der Waals surface area contributed by atoms with Gasteiger partial charge in [-0.2, -0.15) is 13.2 Å². The normalized spacial score (nSPS) is 16.0. The molecule has 0 radical (unpaired) electrons. The maximum absolute atomic E-state index is 14.4. The Bertz CT molecular complexity index is 1210. The molecule has 0 atom stereocenters. The summed E-state index contributed by atoms with van der Waals surface area (Å²) in [5.41, 5.74) is 4.77. The number of benzene rings is 3. The molecule has 4 rings (SSSR count). The molecule has 7 heteroatoms. The van der Waals surface area contributed by atoms with Gasteiger partial charge in [-0.15, -0.1) is 0 Å². The molecule has 0 amide bonds. The molecule has 0 aliphatic carbocycles. The molecule has 29 heavy (non-hydrogen) atoms. The molecule has 0 saturated heterocycles. The summed E-state index contributed by atoms with van der Waals surface area (Å²) in [5, 5.41) is 1.31. The van der Waals surface area contributed by atoms with E-state index in [9.17, 15) is 22.4 Å². The molecule has 0 bridgehead atoms. The van der Waals surface area contributed by atoms with Crippen molar-refractivity contribution in [2.24, 2.45) is 5.73 Å². The maximum atomic E-state index is 14.4. The molecule has 0 aromatic heterocycles. The van der Waals surface area contributed by atoms with Crippen molar-refractivity contribution >= 4 is 28.2 Å². The molecule has 3 nitrogen and oxygen atoms in total. The van der Waals surface area contributed by atoms with E-state index in [2.05, 4.69) is 0 Å². The van der Waals surface area contributed by atoms with E-state index in [1.54, 1.807) is 30.3 Å². The van der Waals surface area contributed by atoms with Crippen LogP contribution >= 0.6 is 0 Å². The Morgan fingerprint density at radius 1 is 0.966 bits per heavy atom. The standard InChI is InChI=1S/C22H13F4NO2/c23-17-9-8-12-4-1-2-7-15(12)16(17)11-18-20(28)19(21(27)29-18)13-5-3-6-14(10-13)22(24,25)26/h1-11H,27H2/b18-11+. The molecule has 2 N–H and O–H groups in total. The van der Waals surface area contributed by atoms with Gasteiger partial charge in [0.1, 0.15) is 5.82 Å². The smallest absolute Gasteiger partial charge is 0.416 e. The van der Waals surface area contributed by atoms with Crippen LogP contribution in [-0.4, -0.2) is 5.78 Å². The monoisotopic (exact) mass is 399 g/mol. The quantitative estimate of drug-likeness (QED) is 0.472. The number of ether oxygens (including phenoxy) is 1. The highest BCUT2D eigenvalue weighted by Crippen LogP contribution is 2.36. The SMILES string of the molecule is NC1=C(c2cccc(C(F)(F)F)c2)C(=O)/C(=C\c2c(F)ccc3ccccc23)O1. The number of nitrogens with two attached hydrogens (primary N) is 1. The largest absolute Gasteiger partial charge is 0.437 e. The van der Waals surface area contributed by atoms with Crippen molar-refractivity contribution in [3.8, 4) is 0 Å². The number of carbonyl (C=O) groups excluding carboxylic acids is 1. The van der Waals surface area contributed by atoms with Crippen LogP contribution in [0, 0.1) is 5.82 Å². The van der Waals surface area contributed by atoms with Crippen molar-refractivity contribution in [1.29, 1.82) is 0 Å². The molecule has 3 aromatic rings. The Morgan fingerprint density at radius 3 is 2.48 bits per heavy atom. The zero-order chi connectivity index (χ0) is 20.8. The van der Waals surface area contributed by atoms with E-state index >= 15 is 0 Å². The number of rotatable bonds is 2. The van der Waals surface area contributed by atoms with Gasteiger partial charge in [-0.25, -0.2) is 4.39 Å². The lowest BCUT2D eigenvalue weighted by atomic mass is 9.98. The zero-order valence-electron chi connectivity index (χ0n) is 14.8. The second-order valence-corrected chi connectivity index (χ2v) is 6.44. The number of fused-ring (bicyclic) bond motifs is 1. The lowest BCUT2D eigenvalue weighted by molar-refractivity contribution is -0.137. The second-order valence-electron chi connectivity index (χ2n) is 6.44. The number of allylic oxidation sites excluding steroid dienone is 1. The van der Waals surface area contributed by atoms with E-state index in [4.69, 9.17) is 10.5 Å². The third-order valence-electron chi connectivity index (χ3n) is 4.59. The van der Waals surface area contributed by atoms with Gasteiger partial charge in [0.25, 0.3) is 0 Å². The summed E-state index contributed by atoms with van der Waals surface area (Å²) in [6.45, 7) is 0. The van der Waals surface area contributed by atoms with Gasteiger partial charge in [0.2, 0.25) is 11.7 Å². The molecule has 0 saturated carbocycles. The van der Waals surface area contributed by atoms with E-state index in [0.29, 0.717) is 5.39 Å². The predicted octanol–water partition coefficient (Wildman–Crippen LogP) is 5.27. The lowest BCUT2D eigenvalue weighted by Gasteiger charge is -2.08. The fourth-order valence-corrected chi connectivity index (χ4v) is 3.22. The van der Waals surface area contributed by atoms with E-state index in [1.807, 2.05) is 0 Å². The third-order valence-corrected chi connectivity index (χ3v) is 4.59. The van der Waals surface area contributed by atoms with Crippen LogP contribution < -0.4 is 5.73 Å². The molecule has 0 unspecified atom stereocenters. The minimum atomic E-state index is -4.57. The van der Waals surface area contributed by atoms with Crippen molar-refractivity contribution in [3.63, 3.8) is 0 Å². The maximum Gasteiger partial charge on any atom is 0.416 e. The molecule has 0 fully saturated rings. The number of alkyl halides is 3. The topological polar surface area (TPSA) is 52.3 Å². The van der Waals surface area contributed by atoms with Gasteiger partial charge < -0.3 is 10.5 Å². The highest BCUT2D eigenvalue weighted by molar-refractivity contribution is 6.31. The first kappa shape index (κ1) is 18.7. The summed E-state index contributed by atoms with van der Waals surface area (Å²) < 4.78 is 58.7. The fraction of sp³-hybridized carbons (Fsp3) is 0.0455. The van der Waals surface area contributed by atoms with Crippen LogP contribution in [0.15, 0.2) is 72.3 Å². The van der Waals surface area contributed by atoms with Crippen LogP contribution in [0.1, 0.15) is 16.7 Å². The average molecular weight is 399 g/mol. The Balaban J connectivity index is 1.77. The van der Waals surface area contributed by atoms with Crippen LogP contribution in [0.3, 0.4) is 0 Å². The van der Waals surface area contributed by atoms with Crippen LogP contribution in [0.5, 0.6) is 0 Å². The number of hydrogen-bond acceptors (Lipinski definition) is 3. The second kappa shape index (κ2) is 6.77. The highest BCUT2D eigenvalue weighted by atomic mass is 19.4. The number of Topliss-reactive ketones (excluding diaryl/α,β-unsaturated/α-hetero) is 1. The average Bonchev–Trinajstić information content (AvgIpc) is 2.97. The van der Waals surface area contributed by atoms with Crippen LogP contribution in [0.2, 0.25) is 0 Å². The summed E-state index contributed by atoms with van der Waals surface area (Å²) in [4.78, 5) is 12.8. The highest BCUT2D eigenvalue weighted by Gasteiger charge is 2.34. The van der Waals surface area contributed by atoms with E-state index in [-0.39, 0.29) is 28.3 Å². The minimum Gasteiger partial charge on any atom is -0.437 e. The first-order chi connectivity index (χ1) is 13.8. The molecule has 0 spiro atoms. The molecule has 1 aliphatic rings. The Labute approximate surface area is 162 Å². The molecular formula is C22H13F4NO2. The number of carbonyl (C=O) groups is 1. The first-order valence-corrected chi connectivity index (χ1v) is 8.54. The van der Waals surface area contributed by atoms with Crippen molar-refractivity contribution in [3.05, 3.63) is 94.8 Å². The Kier molecular flexibility index (Phi) is 4.38. The fourth-order valence-electron chi connectivity index (χ4n) is 3.22. The number of ketones is 1. The van der Waals surface area contributed by atoms with Gasteiger partial charge in [-0.3, -0.25) is 4.79 Å². The first-order valence-electron chi connectivity index (χ1n) is 8.54. The van der Waals surface area contributed by atoms with Gasteiger partial charge in [-0.1, -0.05) is 42.5 Å². The van der Waals surface area contributed by atoms with Crippen molar-refractivity contribution in [2.75, 3.05) is 0 Å². The summed E-state index contributed by atoms with van der Waals surface area (Å²) in [5.74, 6) is -1.88. The van der Waals surface area contributed by atoms with Crippen molar-refractivity contribution in [1.82, 2.24) is 0 Å². The van der Waals surface area contributed by atoms with Crippen LogP contribution in [-0.2, 0) is 15.7 Å². The third kappa shape index (κ3) is 3.35. The van der Waals surface area contributed by atoms with Gasteiger partial charge in [0.15, 0.2) is 5.76 Å². The Morgan fingerprint density at radius 2 is 1.72 bits per heavy atom. The summed E-state index contributed by atoms with van der Waals surface area (Å²) in [6.07, 6.45) is -3.36. The molecule has 1 aliphatic heterocycles. The summed E-state index contributed by atoms with van der Waals surface area (Å²) >= 11 is 0.